The van der Waals surface area contributed by atoms with Gasteiger partial charge in [0.05, 0.1) is 26.3 Å². The predicted molar refractivity (Wildman–Crippen MR) is 110 cm³/mol. The van der Waals surface area contributed by atoms with Gasteiger partial charge in [-0.3, -0.25) is 19.4 Å². The van der Waals surface area contributed by atoms with Crippen LogP contribution in [0.1, 0.15) is 39.5 Å². The average Bonchev–Trinajstić information content (AvgIpc) is 2.66. The minimum atomic E-state index is -0.145. The molecule has 1 rings (SSSR count). The fourth-order valence-electron chi connectivity index (χ4n) is 2.86. The molecule has 1 heterocycles. The van der Waals surface area contributed by atoms with Crippen molar-refractivity contribution >= 4 is 11.9 Å². The third-order valence-electron chi connectivity index (χ3n) is 4.65. The molecule has 0 aliphatic carbocycles. The number of unbranched alkanes of at least 4 members (excludes halogenated alkanes) is 2. The summed E-state index contributed by atoms with van der Waals surface area (Å²) in [5.41, 5.74) is 0. The second-order valence-electron chi connectivity index (χ2n) is 7.20. The molecule has 0 aromatic rings. The lowest BCUT2D eigenvalue weighted by Crippen LogP contribution is -2.45. The van der Waals surface area contributed by atoms with Gasteiger partial charge in [0, 0.05) is 52.4 Å². The van der Waals surface area contributed by atoms with E-state index in [0.29, 0.717) is 26.3 Å². The Morgan fingerprint density at radius 2 is 1.07 bits per heavy atom. The summed E-state index contributed by atoms with van der Waals surface area (Å²) in [5.74, 6) is -0.290. The summed E-state index contributed by atoms with van der Waals surface area (Å²) in [6.07, 6.45) is 3.88. The second-order valence-corrected chi connectivity index (χ2v) is 7.20. The number of rotatable bonds is 10. The molecule has 28 heavy (non-hydrogen) atoms. The van der Waals surface area contributed by atoms with Crippen LogP contribution < -0.4 is 10.6 Å². The molecule has 0 saturated carbocycles. The molecule has 164 valence electrons. The number of nitrogens with zero attached hydrogens (tertiary/aromatic N) is 2. The highest BCUT2D eigenvalue weighted by molar-refractivity contribution is 5.72. The molecule has 2 N–H and O–H groups in total. The topological polar surface area (TPSA) is 83.1 Å². The lowest BCUT2D eigenvalue weighted by Gasteiger charge is -2.25. The van der Waals surface area contributed by atoms with Crippen molar-refractivity contribution < 1.29 is 19.1 Å². The zero-order chi connectivity index (χ0) is 20.5. The van der Waals surface area contributed by atoms with Gasteiger partial charge in [0.2, 0.25) is 0 Å². The molecular formula is C20H40N4O4. The Morgan fingerprint density at radius 1 is 0.714 bits per heavy atom. The molecule has 0 amide bonds. The quantitative estimate of drug-likeness (QED) is 0.405. The summed E-state index contributed by atoms with van der Waals surface area (Å²) in [7, 11) is 0. The minimum Gasteiger partial charge on any atom is -0.465 e. The normalized spacial score (nSPS) is 18.1. The molecule has 1 fully saturated rings. The van der Waals surface area contributed by atoms with E-state index in [1.165, 1.54) is 0 Å². The summed E-state index contributed by atoms with van der Waals surface area (Å²) >= 11 is 0. The smallest absolute Gasteiger partial charge is 0.320 e. The molecule has 0 bridgehead atoms. The van der Waals surface area contributed by atoms with E-state index in [-0.39, 0.29) is 11.9 Å². The van der Waals surface area contributed by atoms with Crippen molar-refractivity contribution in [1.82, 2.24) is 20.4 Å². The van der Waals surface area contributed by atoms with E-state index in [9.17, 15) is 9.59 Å². The van der Waals surface area contributed by atoms with Crippen LogP contribution in [0.2, 0.25) is 0 Å². The number of carbonyl (C=O) groups excluding carboxylic acids is 2. The van der Waals surface area contributed by atoms with Crippen LogP contribution in [-0.2, 0) is 19.1 Å². The molecule has 1 aliphatic heterocycles. The second kappa shape index (κ2) is 16.7. The summed E-state index contributed by atoms with van der Waals surface area (Å²) in [4.78, 5) is 28.1. The first-order chi connectivity index (χ1) is 13.7. The monoisotopic (exact) mass is 400 g/mol. The van der Waals surface area contributed by atoms with E-state index >= 15 is 0 Å². The van der Waals surface area contributed by atoms with Crippen molar-refractivity contribution in [3.63, 3.8) is 0 Å². The Labute approximate surface area is 170 Å². The van der Waals surface area contributed by atoms with Crippen LogP contribution in [0.4, 0.5) is 0 Å². The number of hydrogen-bond donors (Lipinski definition) is 2. The third kappa shape index (κ3) is 13.0. The van der Waals surface area contributed by atoms with E-state index in [4.69, 9.17) is 9.47 Å². The zero-order valence-corrected chi connectivity index (χ0v) is 17.8. The van der Waals surface area contributed by atoms with Gasteiger partial charge in [-0.05, 0) is 12.8 Å². The SMILES string of the molecule is CCCCOC(=O)CN1CCNCCN(CC(=O)OCCCC)CCNCC1. The molecule has 8 heteroatoms. The van der Waals surface area contributed by atoms with Gasteiger partial charge >= 0.3 is 11.9 Å². The molecule has 0 radical (unpaired) electrons. The van der Waals surface area contributed by atoms with E-state index in [1.54, 1.807) is 0 Å². The highest BCUT2D eigenvalue weighted by Gasteiger charge is 2.14. The van der Waals surface area contributed by atoms with Gasteiger partial charge in [-0.15, -0.1) is 0 Å². The van der Waals surface area contributed by atoms with Crippen LogP contribution in [0.25, 0.3) is 0 Å². The minimum absolute atomic E-state index is 0.145. The molecular weight excluding hydrogens is 360 g/mol. The summed E-state index contributed by atoms with van der Waals surface area (Å²) in [6, 6.07) is 0. The van der Waals surface area contributed by atoms with E-state index < -0.39 is 0 Å². The van der Waals surface area contributed by atoms with Crippen LogP contribution in [-0.4, -0.2) is 100 Å². The maximum atomic E-state index is 11.9. The van der Waals surface area contributed by atoms with Crippen molar-refractivity contribution in [3.05, 3.63) is 0 Å². The Hall–Kier alpha value is -1.22. The number of esters is 2. The first-order valence-corrected chi connectivity index (χ1v) is 10.8. The average molecular weight is 401 g/mol. The fraction of sp³-hybridized carbons (Fsp3) is 0.900. The van der Waals surface area contributed by atoms with Crippen LogP contribution in [0.15, 0.2) is 0 Å². The first kappa shape index (κ1) is 24.8. The number of hydrogen-bond acceptors (Lipinski definition) is 8. The number of ether oxygens (including phenoxy) is 2. The largest absolute Gasteiger partial charge is 0.465 e. The lowest BCUT2D eigenvalue weighted by atomic mass is 10.3. The first-order valence-electron chi connectivity index (χ1n) is 10.8. The fourth-order valence-corrected chi connectivity index (χ4v) is 2.86. The summed E-state index contributed by atoms with van der Waals surface area (Å²) in [5, 5.41) is 6.81. The van der Waals surface area contributed by atoms with Gasteiger partial charge in [-0.1, -0.05) is 26.7 Å². The van der Waals surface area contributed by atoms with Gasteiger partial charge in [0.1, 0.15) is 0 Å². The molecule has 0 spiro atoms. The molecule has 1 aliphatic rings. The van der Waals surface area contributed by atoms with Crippen LogP contribution in [0, 0.1) is 0 Å². The van der Waals surface area contributed by atoms with Crippen LogP contribution >= 0.6 is 0 Å². The Kier molecular flexibility index (Phi) is 14.8. The standard InChI is InChI=1S/C20H40N4O4/c1-3-5-15-27-19(25)17-23-11-7-21-9-13-24(14-10-22-8-12-23)18-20(26)28-16-6-4-2/h21-22H,3-18H2,1-2H3. The predicted octanol–water partition coefficient (Wildman–Crippen LogP) is 0.470. The van der Waals surface area contributed by atoms with Crippen molar-refractivity contribution in [2.24, 2.45) is 0 Å². The molecule has 0 unspecified atom stereocenters. The van der Waals surface area contributed by atoms with Gasteiger partial charge in [-0.25, -0.2) is 0 Å². The molecule has 8 nitrogen and oxygen atoms in total. The van der Waals surface area contributed by atoms with Gasteiger partial charge in [0.15, 0.2) is 0 Å². The van der Waals surface area contributed by atoms with E-state index in [0.717, 1.165) is 78.0 Å². The maximum absolute atomic E-state index is 11.9. The molecule has 0 atom stereocenters. The summed E-state index contributed by atoms with van der Waals surface area (Å²) < 4.78 is 10.5. The molecule has 0 aromatic carbocycles. The third-order valence-corrected chi connectivity index (χ3v) is 4.65. The Bertz CT molecular complexity index is 373. The Morgan fingerprint density at radius 3 is 1.39 bits per heavy atom. The lowest BCUT2D eigenvalue weighted by molar-refractivity contribution is -0.145. The maximum Gasteiger partial charge on any atom is 0.320 e. The van der Waals surface area contributed by atoms with Crippen LogP contribution in [0.3, 0.4) is 0 Å². The van der Waals surface area contributed by atoms with Gasteiger partial charge < -0.3 is 20.1 Å². The number of carbonyl (C=O) groups is 2. The van der Waals surface area contributed by atoms with Gasteiger partial charge in [-0.2, -0.15) is 0 Å². The number of nitrogens with one attached hydrogen (secondary N) is 2. The van der Waals surface area contributed by atoms with Gasteiger partial charge in [0.25, 0.3) is 0 Å². The molecule has 0 aromatic heterocycles. The highest BCUT2D eigenvalue weighted by Crippen LogP contribution is 1.96. The van der Waals surface area contributed by atoms with Crippen molar-refractivity contribution in [1.29, 1.82) is 0 Å². The van der Waals surface area contributed by atoms with E-state index in [2.05, 4.69) is 34.3 Å². The molecule has 1 saturated heterocycles. The van der Waals surface area contributed by atoms with Crippen molar-refractivity contribution in [3.8, 4) is 0 Å². The zero-order valence-electron chi connectivity index (χ0n) is 17.8. The van der Waals surface area contributed by atoms with Crippen molar-refractivity contribution in [2.75, 3.05) is 78.7 Å². The van der Waals surface area contributed by atoms with Crippen LogP contribution in [0.5, 0.6) is 0 Å². The van der Waals surface area contributed by atoms with E-state index in [1.807, 2.05) is 0 Å². The highest BCUT2D eigenvalue weighted by atomic mass is 16.5. The Balaban J connectivity index is 2.32. The van der Waals surface area contributed by atoms with Crippen molar-refractivity contribution in [2.45, 2.75) is 39.5 Å². The summed E-state index contributed by atoms with van der Waals surface area (Å²) in [6.45, 7) is 12.2.